The highest BCUT2D eigenvalue weighted by Crippen LogP contribution is 2.24. The van der Waals surface area contributed by atoms with Gasteiger partial charge in [-0.3, -0.25) is 5.10 Å². The van der Waals surface area contributed by atoms with E-state index in [2.05, 4.69) is 17.1 Å². The summed E-state index contributed by atoms with van der Waals surface area (Å²) in [5.41, 5.74) is 1.86. The molecule has 1 N–H and O–H groups in total. The molecular formula is C13H13ClN2OS. The van der Waals surface area contributed by atoms with Crippen molar-refractivity contribution in [1.29, 1.82) is 0 Å². The van der Waals surface area contributed by atoms with Gasteiger partial charge in [0.15, 0.2) is 0 Å². The second kappa shape index (κ2) is 5.98. The van der Waals surface area contributed by atoms with E-state index in [0.29, 0.717) is 9.79 Å². The first-order chi connectivity index (χ1) is 8.70. The summed E-state index contributed by atoms with van der Waals surface area (Å²) in [6.45, 7) is 2.80. The fraction of sp³-hybridized carbons (Fsp3) is 0.231. The number of nitrogens with one attached hydrogen (secondary N) is 1. The quantitative estimate of drug-likeness (QED) is 0.851. The highest BCUT2D eigenvalue weighted by Gasteiger charge is 2.03. The number of nitrogens with zero attached hydrogens (tertiary/aromatic N) is 1. The number of halogens is 1. The summed E-state index contributed by atoms with van der Waals surface area (Å²) < 4.78 is 6.10. The minimum atomic E-state index is 0.393. The minimum Gasteiger partial charge on any atom is -0.494 e. The molecule has 2 aromatic rings. The number of ether oxygens (including phenoxy) is 1. The van der Waals surface area contributed by atoms with Crippen molar-refractivity contribution < 1.29 is 4.74 Å². The molecule has 1 aromatic carbocycles. The summed E-state index contributed by atoms with van der Waals surface area (Å²) in [5, 5.41) is 6.95. The van der Waals surface area contributed by atoms with Crippen LogP contribution in [0.2, 0.25) is 5.15 Å². The number of benzene rings is 1. The molecule has 0 saturated heterocycles. The van der Waals surface area contributed by atoms with E-state index >= 15 is 0 Å². The van der Waals surface area contributed by atoms with Crippen molar-refractivity contribution >= 4 is 23.8 Å². The molecule has 3 nitrogen and oxygen atoms in total. The van der Waals surface area contributed by atoms with Gasteiger partial charge in [0, 0.05) is 5.56 Å². The second-order valence-electron chi connectivity index (χ2n) is 3.81. The number of aromatic amines is 1. The zero-order valence-corrected chi connectivity index (χ0v) is 11.5. The lowest BCUT2D eigenvalue weighted by atomic mass is 10.1. The third kappa shape index (κ3) is 3.09. The van der Waals surface area contributed by atoms with Gasteiger partial charge in [0.05, 0.1) is 6.61 Å². The van der Waals surface area contributed by atoms with Crippen LogP contribution in [-0.4, -0.2) is 16.8 Å². The molecule has 2 rings (SSSR count). The molecule has 0 aliphatic heterocycles. The van der Waals surface area contributed by atoms with Crippen LogP contribution >= 0.6 is 23.8 Å². The average molecular weight is 281 g/mol. The lowest BCUT2D eigenvalue weighted by molar-refractivity contribution is 0.317. The van der Waals surface area contributed by atoms with Crippen LogP contribution in [0, 0.1) is 4.64 Å². The zero-order valence-electron chi connectivity index (χ0n) is 9.94. The molecule has 0 spiro atoms. The largest absolute Gasteiger partial charge is 0.494 e. The van der Waals surface area contributed by atoms with Crippen molar-refractivity contribution in [2.24, 2.45) is 0 Å². The zero-order chi connectivity index (χ0) is 13.0. The van der Waals surface area contributed by atoms with E-state index in [1.165, 1.54) is 0 Å². The lowest BCUT2D eigenvalue weighted by Gasteiger charge is -2.06. The van der Waals surface area contributed by atoms with Crippen LogP contribution in [0.3, 0.4) is 0 Å². The predicted molar refractivity (Wildman–Crippen MR) is 75.7 cm³/mol. The summed E-state index contributed by atoms with van der Waals surface area (Å²) in [7, 11) is 0. The van der Waals surface area contributed by atoms with Crippen molar-refractivity contribution in [3.8, 4) is 16.9 Å². The van der Waals surface area contributed by atoms with Crippen LogP contribution < -0.4 is 4.74 Å². The van der Waals surface area contributed by atoms with Crippen molar-refractivity contribution in [3.63, 3.8) is 0 Å². The molecule has 0 bridgehead atoms. The highest BCUT2D eigenvalue weighted by molar-refractivity contribution is 7.71. The van der Waals surface area contributed by atoms with Crippen LogP contribution in [0.15, 0.2) is 30.3 Å². The van der Waals surface area contributed by atoms with Gasteiger partial charge in [0.2, 0.25) is 0 Å². The average Bonchev–Trinajstić information content (AvgIpc) is 2.40. The lowest BCUT2D eigenvalue weighted by Crippen LogP contribution is -1.94. The van der Waals surface area contributed by atoms with E-state index in [0.717, 1.165) is 29.9 Å². The maximum atomic E-state index is 5.85. The van der Waals surface area contributed by atoms with Gasteiger partial charge in [-0.2, -0.15) is 5.10 Å². The summed E-state index contributed by atoms with van der Waals surface area (Å²) in [6.07, 6.45) is 0.993. The third-order valence-corrected chi connectivity index (χ3v) is 2.92. The normalized spacial score (nSPS) is 10.3. The Hall–Kier alpha value is -1.39. The molecule has 0 atom stereocenters. The van der Waals surface area contributed by atoms with Crippen molar-refractivity contribution in [2.45, 2.75) is 13.3 Å². The topological polar surface area (TPSA) is 37.9 Å². The molecular weight excluding hydrogens is 268 g/mol. The van der Waals surface area contributed by atoms with Gasteiger partial charge in [-0.1, -0.05) is 42.9 Å². The molecule has 0 aliphatic carbocycles. The molecule has 0 saturated carbocycles. The molecule has 0 amide bonds. The van der Waals surface area contributed by atoms with E-state index in [1.54, 1.807) is 6.07 Å². The number of hydrogen-bond donors (Lipinski definition) is 1. The van der Waals surface area contributed by atoms with Crippen LogP contribution in [0.4, 0.5) is 0 Å². The summed E-state index contributed by atoms with van der Waals surface area (Å²) in [5.74, 6) is 0.857. The Morgan fingerprint density at radius 2 is 2.06 bits per heavy atom. The Morgan fingerprint density at radius 3 is 2.72 bits per heavy atom. The van der Waals surface area contributed by atoms with Crippen molar-refractivity contribution in [1.82, 2.24) is 10.2 Å². The molecule has 0 unspecified atom stereocenters. The van der Waals surface area contributed by atoms with E-state index in [4.69, 9.17) is 28.6 Å². The fourth-order valence-electron chi connectivity index (χ4n) is 1.55. The minimum absolute atomic E-state index is 0.393. The van der Waals surface area contributed by atoms with Crippen molar-refractivity contribution in [2.75, 3.05) is 6.61 Å². The number of rotatable bonds is 4. The van der Waals surface area contributed by atoms with Gasteiger partial charge in [-0.25, -0.2) is 0 Å². The van der Waals surface area contributed by atoms with Gasteiger partial charge in [-0.05, 0) is 30.2 Å². The standard InChI is InChI=1S/C13H13ClN2OS/c1-2-7-17-10-5-3-9(4-6-10)11-8-12(14)15-16-13(11)18/h3-6,8H,2,7H2,1H3,(H,16,18). The third-order valence-electron chi connectivity index (χ3n) is 2.41. The van der Waals surface area contributed by atoms with Gasteiger partial charge in [0.1, 0.15) is 15.5 Å². The Bertz CT molecular complexity index is 580. The Balaban J connectivity index is 2.28. The first-order valence-corrected chi connectivity index (χ1v) is 6.48. The number of hydrogen-bond acceptors (Lipinski definition) is 3. The molecule has 18 heavy (non-hydrogen) atoms. The fourth-order valence-corrected chi connectivity index (χ4v) is 1.92. The SMILES string of the molecule is CCCOc1ccc(-c2cc(Cl)n[nH]c2=S)cc1. The molecule has 0 aliphatic rings. The Kier molecular flexibility index (Phi) is 4.33. The van der Waals surface area contributed by atoms with E-state index in [1.807, 2.05) is 24.3 Å². The van der Waals surface area contributed by atoms with Gasteiger partial charge < -0.3 is 4.74 Å². The smallest absolute Gasteiger partial charge is 0.150 e. The van der Waals surface area contributed by atoms with Crippen LogP contribution in [0.1, 0.15) is 13.3 Å². The molecule has 94 valence electrons. The first kappa shape index (κ1) is 13.1. The van der Waals surface area contributed by atoms with Crippen LogP contribution in [0.5, 0.6) is 5.75 Å². The van der Waals surface area contributed by atoms with Gasteiger partial charge in [-0.15, -0.1) is 0 Å². The number of aromatic nitrogens is 2. The first-order valence-electron chi connectivity index (χ1n) is 5.69. The van der Waals surface area contributed by atoms with E-state index < -0.39 is 0 Å². The summed E-state index contributed by atoms with van der Waals surface area (Å²) >= 11 is 11.0. The Labute approximate surface area is 116 Å². The molecule has 5 heteroatoms. The van der Waals surface area contributed by atoms with Crippen LogP contribution in [0.25, 0.3) is 11.1 Å². The summed E-state index contributed by atoms with van der Waals surface area (Å²) in [4.78, 5) is 0. The van der Waals surface area contributed by atoms with Crippen molar-refractivity contribution in [3.05, 3.63) is 40.1 Å². The molecule has 1 aromatic heterocycles. The molecule has 0 radical (unpaired) electrons. The Morgan fingerprint density at radius 1 is 1.33 bits per heavy atom. The summed E-state index contributed by atoms with van der Waals surface area (Å²) in [6, 6.07) is 9.52. The molecule has 0 fully saturated rings. The predicted octanol–water partition coefficient (Wildman–Crippen LogP) is 4.25. The monoisotopic (exact) mass is 280 g/mol. The van der Waals surface area contributed by atoms with Gasteiger partial charge in [0.25, 0.3) is 0 Å². The molecule has 1 heterocycles. The van der Waals surface area contributed by atoms with E-state index in [9.17, 15) is 0 Å². The second-order valence-corrected chi connectivity index (χ2v) is 4.60. The van der Waals surface area contributed by atoms with E-state index in [-0.39, 0.29) is 0 Å². The van der Waals surface area contributed by atoms with Crippen LogP contribution in [-0.2, 0) is 0 Å². The highest BCUT2D eigenvalue weighted by atomic mass is 35.5. The maximum absolute atomic E-state index is 5.85. The maximum Gasteiger partial charge on any atom is 0.150 e. The number of H-pyrrole nitrogens is 1. The van der Waals surface area contributed by atoms with Gasteiger partial charge >= 0.3 is 0 Å².